The third-order valence-corrected chi connectivity index (χ3v) is 9.38. The van der Waals surface area contributed by atoms with Gasteiger partial charge >= 0.3 is 0 Å². The van der Waals surface area contributed by atoms with Crippen molar-refractivity contribution in [1.29, 1.82) is 0 Å². The molecule has 1 aliphatic rings. The molecule has 1 saturated heterocycles. The quantitative estimate of drug-likeness (QED) is 0.528. The summed E-state index contributed by atoms with van der Waals surface area (Å²) < 4.78 is 54.5. The van der Waals surface area contributed by atoms with Crippen LogP contribution in [0.25, 0.3) is 0 Å². The number of hydrogen-bond donors (Lipinski definition) is 1. The van der Waals surface area contributed by atoms with Crippen LogP contribution in [-0.2, 0) is 20.0 Å². The van der Waals surface area contributed by atoms with Gasteiger partial charge in [0.05, 0.1) is 21.2 Å². The number of hydrogen-bond acceptors (Lipinski definition) is 5. The Kier molecular flexibility index (Phi) is 6.97. The molecule has 0 spiro atoms. The van der Waals surface area contributed by atoms with Crippen molar-refractivity contribution in [3.63, 3.8) is 0 Å². The molecule has 0 saturated carbocycles. The monoisotopic (exact) mass is 499 g/mol. The van der Waals surface area contributed by atoms with Gasteiger partial charge < -0.3 is 4.90 Å². The van der Waals surface area contributed by atoms with Gasteiger partial charge in [0.25, 0.3) is 10.0 Å². The fraction of sp³-hybridized carbons (Fsp3) is 0.280. The Hall–Kier alpha value is -2.88. The Labute approximate surface area is 202 Å². The van der Waals surface area contributed by atoms with Crippen molar-refractivity contribution in [2.45, 2.75) is 28.6 Å². The number of benzene rings is 3. The first kappa shape index (κ1) is 24.3. The topological polar surface area (TPSA) is 86.8 Å². The van der Waals surface area contributed by atoms with Crippen LogP contribution < -0.4 is 9.62 Å². The predicted octanol–water partition coefficient (Wildman–Crippen LogP) is 4.12. The van der Waals surface area contributed by atoms with Crippen molar-refractivity contribution in [2.75, 3.05) is 36.8 Å². The molecule has 7 nitrogen and oxygen atoms in total. The van der Waals surface area contributed by atoms with Crippen LogP contribution in [-0.4, -0.2) is 48.3 Å². The van der Waals surface area contributed by atoms with Crippen molar-refractivity contribution >= 4 is 31.4 Å². The zero-order valence-corrected chi connectivity index (χ0v) is 20.9. The first-order valence-electron chi connectivity index (χ1n) is 11.1. The molecule has 3 aromatic carbocycles. The minimum atomic E-state index is -3.90. The van der Waals surface area contributed by atoms with Crippen LogP contribution in [0.15, 0.2) is 88.7 Å². The van der Waals surface area contributed by atoms with E-state index in [0.29, 0.717) is 11.6 Å². The van der Waals surface area contributed by atoms with Crippen LogP contribution in [0.4, 0.5) is 11.4 Å². The Morgan fingerprint density at radius 3 is 1.94 bits per heavy atom. The van der Waals surface area contributed by atoms with E-state index in [0.717, 1.165) is 35.9 Å². The van der Waals surface area contributed by atoms with E-state index < -0.39 is 20.0 Å². The molecule has 4 rings (SSSR count). The number of para-hydroxylation sites is 2. The van der Waals surface area contributed by atoms with Crippen LogP contribution in [0, 0.1) is 0 Å². The Balaban J connectivity index is 1.51. The average molecular weight is 500 g/mol. The van der Waals surface area contributed by atoms with Gasteiger partial charge in [-0.2, -0.15) is 0 Å². The molecule has 9 heteroatoms. The van der Waals surface area contributed by atoms with Crippen LogP contribution in [0.5, 0.6) is 0 Å². The lowest BCUT2D eigenvalue weighted by atomic mass is 9.89. The molecule has 0 radical (unpaired) electrons. The zero-order chi connectivity index (χ0) is 24.3. The van der Waals surface area contributed by atoms with E-state index in [9.17, 15) is 16.8 Å². The number of nitrogens with one attached hydrogen (secondary N) is 1. The summed E-state index contributed by atoms with van der Waals surface area (Å²) in [6.07, 6.45) is 1.99. The van der Waals surface area contributed by atoms with Gasteiger partial charge in [-0.15, -0.1) is 0 Å². The van der Waals surface area contributed by atoms with E-state index in [1.54, 1.807) is 12.1 Å². The minimum Gasteiger partial charge on any atom is -0.370 e. The lowest BCUT2D eigenvalue weighted by molar-refractivity contribution is 0.506. The van der Waals surface area contributed by atoms with E-state index in [1.165, 1.54) is 43.9 Å². The maximum Gasteiger partial charge on any atom is 0.261 e. The molecule has 0 bridgehead atoms. The summed E-state index contributed by atoms with van der Waals surface area (Å²) in [6.45, 7) is 1.66. The molecular formula is C25H29N3O4S2. The Bertz CT molecular complexity index is 1330. The summed E-state index contributed by atoms with van der Waals surface area (Å²) in [5, 5.41) is 0. The highest BCUT2D eigenvalue weighted by molar-refractivity contribution is 7.92. The number of sulfonamides is 2. The van der Waals surface area contributed by atoms with Gasteiger partial charge in [-0.1, -0.05) is 42.5 Å². The SMILES string of the molecule is CN(C)S(=O)(=O)c1ccc(S(=O)(=O)Nc2ccccc2N2CCC(c3ccccc3)CC2)cc1. The summed E-state index contributed by atoms with van der Waals surface area (Å²) in [5.74, 6) is 0.498. The van der Waals surface area contributed by atoms with Gasteiger partial charge in [0.1, 0.15) is 0 Å². The number of nitrogens with zero attached hydrogens (tertiary/aromatic N) is 2. The smallest absolute Gasteiger partial charge is 0.261 e. The second-order valence-corrected chi connectivity index (χ2v) is 12.4. The summed E-state index contributed by atoms with van der Waals surface area (Å²) in [4.78, 5) is 2.25. The predicted molar refractivity (Wildman–Crippen MR) is 135 cm³/mol. The average Bonchev–Trinajstić information content (AvgIpc) is 2.85. The highest BCUT2D eigenvalue weighted by Crippen LogP contribution is 2.34. The van der Waals surface area contributed by atoms with Crippen LogP contribution in [0.1, 0.15) is 24.3 Å². The molecule has 0 amide bonds. The summed E-state index contributed by atoms with van der Waals surface area (Å²) in [7, 11) is -4.67. The standard InChI is InChI=1S/C25H29N3O4S2/c1-27(2)34(31,32)23-14-12-22(13-15-23)33(29,30)26-24-10-6-7-11-25(24)28-18-16-21(17-19-28)20-8-4-3-5-9-20/h3-15,21,26H,16-19H2,1-2H3. The van der Waals surface area contributed by atoms with Gasteiger partial charge in [0.2, 0.25) is 10.0 Å². The van der Waals surface area contributed by atoms with Crippen molar-refractivity contribution in [3.05, 3.63) is 84.4 Å². The highest BCUT2D eigenvalue weighted by atomic mass is 32.2. The molecule has 0 aliphatic carbocycles. The van der Waals surface area contributed by atoms with Gasteiger partial charge in [0.15, 0.2) is 0 Å². The van der Waals surface area contributed by atoms with Crippen LogP contribution in [0.3, 0.4) is 0 Å². The van der Waals surface area contributed by atoms with Crippen LogP contribution >= 0.6 is 0 Å². The lowest BCUT2D eigenvalue weighted by Gasteiger charge is -2.35. The van der Waals surface area contributed by atoms with Crippen molar-refractivity contribution in [3.8, 4) is 0 Å². The molecule has 1 heterocycles. The molecule has 180 valence electrons. The fourth-order valence-electron chi connectivity index (χ4n) is 4.22. The van der Waals surface area contributed by atoms with Crippen molar-refractivity contribution in [1.82, 2.24) is 4.31 Å². The largest absolute Gasteiger partial charge is 0.370 e. The van der Waals surface area contributed by atoms with E-state index in [1.807, 2.05) is 18.2 Å². The van der Waals surface area contributed by atoms with E-state index in [2.05, 4.69) is 33.9 Å². The normalized spacial score (nSPS) is 15.4. The zero-order valence-electron chi connectivity index (χ0n) is 19.3. The lowest BCUT2D eigenvalue weighted by Crippen LogP contribution is -2.33. The van der Waals surface area contributed by atoms with E-state index >= 15 is 0 Å². The molecule has 3 aromatic rings. The number of piperidine rings is 1. The molecule has 0 aromatic heterocycles. The second-order valence-electron chi connectivity index (χ2n) is 8.55. The maximum atomic E-state index is 13.1. The third kappa shape index (κ3) is 5.11. The van der Waals surface area contributed by atoms with Crippen LogP contribution in [0.2, 0.25) is 0 Å². The minimum absolute atomic E-state index is 0.00259. The molecule has 0 atom stereocenters. The Morgan fingerprint density at radius 1 is 0.765 bits per heavy atom. The molecule has 1 fully saturated rings. The van der Waals surface area contributed by atoms with Gasteiger partial charge in [-0.25, -0.2) is 21.1 Å². The Morgan fingerprint density at radius 2 is 1.32 bits per heavy atom. The summed E-state index contributed by atoms with van der Waals surface area (Å²) in [6, 6.07) is 23.1. The summed E-state index contributed by atoms with van der Waals surface area (Å²) in [5.41, 5.74) is 2.69. The van der Waals surface area contributed by atoms with Gasteiger partial charge in [-0.05, 0) is 60.7 Å². The van der Waals surface area contributed by atoms with Gasteiger partial charge in [-0.3, -0.25) is 4.72 Å². The molecule has 1 N–H and O–H groups in total. The maximum absolute atomic E-state index is 13.1. The molecule has 1 aliphatic heterocycles. The van der Waals surface area contributed by atoms with Crippen molar-refractivity contribution in [2.24, 2.45) is 0 Å². The van der Waals surface area contributed by atoms with Gasteiger partial charge in [0, 0.05) is 27.2 Å². The fourth-order valence-corrected chi connectivity index (χ4v) is 6.20. The first-order chi connectivity index (χ1) is 16.2. The van der Waals surface area contributed by atoms with E-state index in [4.69, 9.17) is 0 Å². The van der Waals surface area contributed by atoms with E-state index in [-0.39, 0.29) is 9.79 Å². The molecule has 0 unspecified atom stereocenters. The third-order valence-electron chi connectivity index (χ3n) is 6.17. The van der Waals surface area contributed by atoms with Crippen molar-refractivity contribution < 1.29 is 16.8 Å². The summed E-state index contributed by atoms with van der Waals surface area (Å²) >= 11 is 0. The molecular weight excluding hydrogens is 470 g/mol. The number of anilines is 2. The second kappa shape index (κ2) is 9.77. The molecule has 34 heavy (non-hydrogen) atoms. The number of rotatable bonds is 7. The highest BCUT2D eigenvalue weighted by Gasteiger charge is 2.24. The first-order valence-corrected chi connectivity index (χ1v) is 14.0.